The van der Waals surface area contributed by atoms with Crippen molar-refractivity contribution in [1.82, 2.24) is 0 Å². The van der Waals surface area contributed by atoms with Gasteiger partial charge < -0.3 is 4.74 Å². The van der Waals surface area contributed by atoms with Gasteiger partial charge in [-0.2, -0.15) is 0 Å². The predicted octanol–water partition coefficient (Wildman–Crippen LogP) is 6.16. The van der Waals surface area contributed by atoms with Crippen LogP contribution in [0, 0.1) is 0 Å². The molecule has 0 amide bonds. The quantitative estimate of drug-likeness (QED) is 0.504. The van der Waals surface area contributed by atoms with Crippen molar-refractivity contribution in [3.05, 3.63) is 83.9 Å². The number of hydrogen-bond acceptors (Lipinski definition) is 1. The van der Waals surface area contributed by atoms with Gasteiger partial charge in [0.05, 0.1) is 6.61 Å². The van der Waals surface area contributed by atoms with Crippen LogP contribution in [-0.2, 0) is 17.6 Å². The van der Waals surface area contributed by atoms with Gasteiger partial charge in [-0.1, -0.05) is 86.1 Å². The summed E-state index contributed by atoms with van der Waals surface area (Å²) < 4.78 is 5.14. The van der Waals surface area contributed by atoms with Gasteiger partial charge in [-0.15, -0.1) is 0 Å². The van der Waals surface area contributed by atoms with Crippen molar-refractivity contribution in [2.45, 2.75) is 26.2 Å². The van der Waals surface area contributed by atoms with Crippen LogP contribution in [0.2, 0.25) is 0 Å². The molecule has 1 nitrogen and oxygen atoms in total. The van der Waals surface area contributed by atoms with Crippen molar-refractivity contribution >= 4 is 0 Å². The Labute approximate surface area is 151 Å². The van der Waals surface area contributed by atoms with E-state index < -0.39 is 0 Å². The second-order valence-electron chi connectivity index (χ2n) is 6.46. The summed E-state index contributed by atoms with van der Waals surface area (Å²) in [4.78, 5) is 0. The SMILES string of the molecule is CCCc1ccc(-c2ccc(-c3ccc(CCOC)cc3)cc2)cc1. The third kappa shape index (κ3) is 4.58. The summed E-state index contributed by atoms with van der Waals surface area (Å²) in [7, 11) is 1.74. The van der Waals surface area contributed by atoms with Crippen LogP contribution in [0.3, 0.4) is 0 Å². The van der Waals surface area contributed by atoms with Gasteiger partial charge in [-0.3, -0.25) is 0 Å². The Hall–Kier alpha value is -2.38. The number of aryl methyl sites for hydroxylation is 1. The summed E-state index contributed by atoms with van der Waals surface area (Å²) in [6.45, 7) is 2.99. The van der Waals surface area contributed by atoms with Gasteiger partial charge in [0, 0.05) is 7.11 Å². The van der Waals surface area contributed by atoms with E-state index in [0.717, 1.165) is 19.4 Å². The van der Waals surface area contributed by atoms with Crippen LogP contribution >= 0.6 is 0 Å². The standard InChI is InChI=1S/C24H26O/c1-3-4-19-5-9-21(10-6-19)23-13-15-24(16-14-23)22-11-7-20(8-12-22)17-18-25-2/h5-16H,3-4,17-18H2,1-2H3. The largest absolute Gasteiger partial charge is 0.384 e. The zero-order chi connectivity index (χ0) is 17.5. The molecule has 0 atom stereocenters. The maximum atomic E-state index is 5.14. The van der Waals surface area contributed by atoms with Crippen molar-refractivity contribution in [3.63, 3.8) is 0 Å². The summed E-state index contributed by atoms with van der Waals surface area (Å²) in [5.41, 5.74) is 7.78. The van der Waals surface area contributed by atoms with Gasteiger partial charge in [0.2, 0.25) is 0 Å². The van der Waals surface area contributed by atoms with Gasteiger partial charge in [-0.05, 0) is 46.2 Å². The fraction of sp³-hybridized carbons (Fsp3) is 0.250. The van der Waals surface area contributed by atoms with Crippen LogP contribution in [-0.4, -0.2) is 13.7 Å². The maximum absolute atomic E-state index is 5.14. The summed E-state index contributed by atoms with van der Waals surface area (Å²) in [6, 6.07) is 26.5. The van der Waals surface area contributed by atoms with Crippen LogP contribution in [0.15, 0.2) is 72.8 Å². The van der Waals surface area contributed by atoms with E-state index in [1.165, 1.54) is 39.8 Å². The van der Waals surface area contributed by atoms with E-state index in [2.05, 4.69) is 79.7 Å². The Morgan fingerprint density at radius 2 is 0.920 bits per heavy atom. The molecule has 3 rings (SSSR count). The van der Waals surface area contributed by atoms with Crippen LogP contribution < -0.4 is 0 Å². The smallest absolute Gasteiger partial charge is 0.0502 e. The minimum atomic E-state index is 0.769. The van der Waals surface area contributed by atoms with Crippen molar-refractivity contribution < 1.29 is 4.74 Å². The highest BCUT2D eigenvalue weighted by atomic mass is 16.5. The zero-order valence-electron chi connectivity index (χ0n) is 15.2. The highest BCUT2D eigenvalue weighted by molar-refractivity contribution is 5.70. The molecule has 1 heteroatoms. The second kappa shape index (κ2) is 8.64. The molecule has 25 heavy (non-hydrogen) atoms. The summed E-state index contributed by atoms with van der Waals surface area (Å²) in [5.74, 6) is 0. The molecule has 0 aliphatic rings. The summed E-state index contributed by atoms with van der Waals surface area (Å²) in [5, 5.41) is 0. The molecule has 0 aliphatic carbocycles. The van der Waals surface area contributed by atoms with Gasteiger partial charge in [0.25, 0.3) is 0 Å². The first kappa shape index (κ1) is 17.4. The van der Waals surface area contributed by atoms with Gasteiger partial charge in [0.1, 0.15) is 0 Å². The molecule has 0 aliphatic heterocycles. The lowest BCUT2D eigenvalue weighted by Crippen LogP contribution is -1.93. The molecule has 0 saturated carbocycles. The first-order valence-corrected chi connectivity index (χ1v) is 9.08. The van der Waals surface area contributed by atoms with Crippen molar-refractivity contribution in [2.75, 3.05) is 13.7 Å². The van der Waals surface area contributed by atoms with Crippen LogP contribution in [0.4, 0.5) is 0 Å². The molecule has 0 bridgehead atoms. The monoisotopic (exact) mass is 330 g/mol. The first-order valence-electron chi connectivity index (χ1n) is 9.08. The number of ether oxygens (including phenoxy) is 1. The molecule has 0 fully saturated rings. The minimum Gasteiger partial charge on any atom is -0.384 e. The molecule has 0 saturated heterocycles. The van der Waals surface area contributed by atoms with E-state index in [9.17, 15) is 0 Å². The predicted molar refractivity (Wildman–Crippen MR) is 107 cm³/mol. The van der Waals surface area contributed by atoms with E-state index in [4.69, 9.17) is 4.74 Å². The number of benzene rings is 3. The maximum Gasteiger partial charge on any atom is 0.0502 e. The van der Waals surface area contributed by atoms with E-state index in [-0.39, 0.29) is 0 Å². The average molecular weight is 330 g/mol. The summed E-state index contributed by atoms with van der Waals surface area (Å²) in [6.07, 6.45) is 3.31. The molecule has 0 N–H and O–H groups in total. The van der Waals surface area contributed by atoms with Crippen molar-refractivity contribution in [3.8, 4) is 22.3 Å². The zero-order valence-corrected chi connectivity index (χ0v) is 15.2. The third-order valence-corrected chi connectivity index (χ3v) is 4.59. The molecule has 3 aromatic carbocycles. The van der Waals surface area contributed by atoms with Crippen molar-refractivity contribution in [1.29, 1.82) is 0 Å². The molecular formula is C24H26O. The Morgan fingerprint density at radius 3 is 1.28 bits per heavy atom. The number of hydrogen-bond donors (Lipinski definition) is 0. The second-order valence-corrected chi connectivity index (χ2v) is 6.46. The van der Waals surface area contributed by atoms with Gasteiger partial charge in [-0.25, -0.2) is 0 Å². The highest BCUT2D eigenvalue weighted by Gasteiger charge is 2.02. The van der Waals surface area contributed by atoms with Gasteiger partial charge >= 0.3 is 0 Å². The lowest BCUT2D eigenvalue weighted by atomic mass is 9.98. The van der Waals surface area contributed by atoms with E-state index in [0.29, 0.717) is 0 Å². The molecule has 3 aromatic rings. The average Bonchev–Trinajstić information content (AvgIpc) is 2.68. The molecular weight excluding hydrogens is 304 g/mol. The third-order valence-electron chi connectivity index (χ3n) is 4.59. The Balaban J connectivity index is 1.73. The molecule has 0 aromatic heterocycles. The van der Waals surface area contributed by atoms with Crippen molar-refractivity contribution in [2.24, 2.45) is 0 Å². The van der Waals surface area contributed by atoms with Crippen LogP contribution in [0.5, 0.6) is 0 Å². The number of methoxy groups -OCH3 is 1. The topological polar surface area (TPSA) is 9.23 Å². The molecule has 0 radical (unpaired) electrons. The molecule has 128 valence electrons. The lowest BCUT2D eigenvalue weighted by Gasteiger charge is -2.07. The van der Waals surface area contributed by atoms with E-state index >= 15 is 0 Å². The Kier molecular flexibility index (Phi) is 6.03. The Bertz CT molecular complexity index is 768. The molecule has 0 unspecified atom stereocenters. The first-order chi connectivity index (χ1) is 12.3. The summed E-state index contributed by atoms with van der Waals surface area (Å²) >= 11 is 0. The van der Waals surface area contributed by atoms with Gasteiger partial charge in [0.15, 0.2) is 0 Å². The normalized spacial score (nSPS) is 10.8. The fourth-order valence-corrected chi connectivity index (χ4v) is 3.09. The van der Waals surface area contributed by atoms with E-state index in [1.54, 1.807) is 7.11 Å². The highest BCUT2D eigenvalue weighted by Crippen LogP contribution is 2.25. The lowest BCUT2D eigenvalue weighted by molar-refractivity contribution is 0.202. The molecule has 0 spiro atoms. The number of rotatable bonds is 7. The molecule has 0 heterocycles. The van der Waals surface area contributed by atoms with E-state index in [1.807, 2.05) is 0 Å². The van der Waals surface area contributed by atoms with Crippen LogP contribution in [0.1, 0.15) is 24.5 Å². The Morgan fingerprint density at radius 1 is 0.560 bits per heavy atom. The van der Waals surface area contributed by atoms with Crippen LogP contribution in [0.25, 0.3) is 22.3 Å². The fourth-order valence-electron chi connectivity index (χ4n) is 3.09. The minimum absolute atomic E-state index is 0.769.